The highest BCUT2D eigenvalue weighted by atomic mass is 15.5. The van der Waals surface area contributed by atoms with Gasteiger partial charge in [-0.2, -0.15) is 0 Å². The number of imidazole rings is 2. The molecule has 9 heteroatoms. The van der Waals surface area contributed by atoms with E-state index in [1.54, 1.807) is 12.5 Å². The fourth-order valence-electron chi connectivity index (χ4n) is 3.69. The molecule has 158 valence electrons. The number of nitrogens with zero attached hydrogens (tertiary/aromatic N) is 6. The summed E-state index contributed by atoms with van der Waals surface area (Å²) in [6.07, 6.45) is 12.4. The first kappa shape index (κ1) is 19.3. The third-order valence-electron chi connectivity index (χ3n) is 5.30. The first-order valence-corrected chi connectivity index (χ1v) is 10.3. The van der Waals surface area contributed by atoms with Crippen LogP contribution in [0.1, 0.15) is 11.4 Å². The van der Waals surface area contributed by atoms with Crippen LogP contribution in [0.2, 0.25) is 0 Å². The normalized spacial score (nSPS) is 13.7. The fourth-order valence-corrected chi connectivity index (χ4v) is 3.69. The first-order valence-electron chi connectivity index (χ1n) is 10.3. The summed E-state index contributed by atoms with van der Waals surface area (Å²) in [5.41, 5.74) is 9.36. The molecule has 1 aliphatic heterocycles. The largest absolute Gasteiger partial charge is 0.337 e. The van der Waals surface area contributed by atoms with Crippen molar-refractivity contribution < 1.29 is 0 Å². The minimum absolute atomic E-state index is 0.746. The van der Waals surface area contributed by atoms with Crippen LogP contribution in [-0.2, 0) is 6.42 Å². The van der Waals surface area contributed by atoms with Gasteiger partial charge < -0.3 is 20.2 Å². The molecule has 0 fully saturated rings. The molecular formula is C22H25N9. The average Bonchev–Trinajstić information content (AvgIpc) is 3.53. The maximum Gasteiger partial charge on any atom is 0.180 e. The summed E-state index contributed by atoms with van der Waals surface area (Å²) in [6, 6.07) is 8.17. The second kappa shape index (κ2) is 8.21. The number of hydrazine groups is 1. The van der Waals surface area contributed by atoms with Gasteiger partial charge in [0.1, 0.15) is 0 Å². The molecule has 0 saturated carbocycles. The van der Waals surface area contributed by atoms with E-state index in [-0.39, 0.29) is 0 Å². The molecule has 4 heterocycles. The zero-order valence-electron chi connectivity index (χ0n) is 17.6. The number of hydrogen-bond acceptors (Lipinski definition) is 7. The minimum Gasteiger partial charge on any atom is -0.337 e. The lowest BCUT2D eigenvalue weighted by atomic mass is 10.2. The van der Waals surface area contributed by atoms with E-state index in [4.69, 9.17) is 4.98 Å². The number of anilines is 2. The highest BCUT2D eigenvalue weighted by Crippen LogP contribution is 2.25. The molecule has 4 aromatic rings. The molecule has 0 spiro atoms. The number of benzene rings is 1. The lowest BCUT2D eigenvalue weighted by Gasteiger charge is -2.12. The lowest BCUT2D eigenvalue weighted by molar-refractivity contribution is 0.374. The first-order chi connectivity index (χ1) is 15.2. The Morgan fingerprint density at radius 3 is 2.77 bits per heavy atom. The van der Waals surface area contributed by atoms with E-state index in [1.165, 1.54) is 5.57 Å². The molecule has 31 heavy (non-hydrogen) atoms. The summed E-state index contributed by atoms with van der Waals surface area (Å²) in [6.45, 7) is 1.63. The van der Waals surface area contributed by atoms with Gasteiger partial charge in [0, 0.05) is 68.3 Å². The number of nitrogens with one attached hydrogen (secondary N) is 3. The van der Waals surface area contributed by atoms with Crippen LogP contribution in [0.4, 0.5) is 11.5 Å². The number of aromatic nitrogens is 5. The Hall–Kier alpha value is -3.69. The van der Waals surface area contributed by atoms with Gasteiger partial charge >= 0.3 is 0 Å². The molecule has 0 radical (unpaired) electrons. The third kappa shape index (κ3) is 3.88. The van der Waals surface area contributed by atoms with Gasteiger partial charge in [0.15, 0.2) is 11.5 Å². The van der Waals surface area contributed by atoms with E-state index in [2.05, 4.69) is 42.8 Å². The molecule has 5 rings (SSSR count). The Kier molecular flexibility index (Phi) is 5.11. The molecule has 0 bridgehead atoms. The van der Waals surface area contributed by atoms with Gasteiger partial charge in [-0.05, 0) is 31.3 Å². The molecule has 0 atom stereocenters. The summed E-state index contributed by atoms with van der Waals surface area (Å²) < 4.78 is 4.10. The van der Waals surface area contributed by atoms with E-state index in [1.807, 2.05) is 60.3 Å². The molecule has 1 aromatic carbocycles. The molecule has 0 aliphatic carbocycles. The molecule has 0 saturated heterocycles. The zero-order chi connectivity index (χ0) is 21.2. The molecular weight excluding hydrogens is 390 g/mol. The van der Waals surface area contributed by atoms with Crippen LogP contribution in [0.5, 0.6) is 0 Å². The molecule has 3 N–H and O–H groups in total. The van der Waals surface area contributed by atoms with E-state index >= 15 is 0 Å². The molecule has 0 unspecified atom stereocenters. The van der Waals surface area contributed by atoms with Gasteiger partial charge in [-0.1, -0.05) is 0 Å². The van der Waals surface area contributed by atoms with Crippen LogP contribution in [-0.4, -0.2) is 56.1 Å². The van der Waals surface area contributed by atoms with E-state index in [0.717, 1.165) is 53.7 Å². The Morgan fingerprint density at radius 2 is 2.06 bits per heavy atom. The summed E-state index contributed by atoms with van der Waals surface area (Å²) >= 11 is 0. The monoisotopic (exact) mass is 415 g/mol. The number of rotatable bonds is 7. The van der Waals surface area contributed by atoms with Crippen LogP contribution in [0, 0.1) is 0 Å². The van der Waals surface area contributed by atoms with Crippen molar-refractivity contribution in [2.24, 2.45) is 0 Å². The van der Waals surface area contributed by atoms with Crippen molar-refractivity contribution in [1.82, 2.24) is 39.7 Å². The van der Waals surface area contributed by atoms with Crippen LogP contribution >= 0.6 is 0 Å². The summed E-state index contributed by atoms with van der Waals surface area (Å²) in [7, 11) is 3.95. The zero-order valence-corrected chi connectivity index (χ0v) is 17.6. The van der Waals surface area contributed by atoms with Gasteiger partial charge in [-0.25, -0.2) is 20.4 Å². The molecule has 9 nitrogen and oxygen atoms in total. The van der Waals surface area contributed by atoms with Gasteiger partial charge in [0.25, 0.3) is 0 Å². The predicted octanol–water partition coefficient (Wildman–Crippen LogP) is 2.21. The van der Waals surface area contributed by atoms with Gasteiger partial charge in [-0.3, -0.25) is 4.40 Å². The maximum absolute atomic E-state index is 4.87. The summed E-state index contributed by atoms with van der Waals surface area (Å²) in [5, 5.41) is 8.64. The molecule has 1 aliphatic rings. The van der Waals surface area contributed by atoms with Gasteiger partial charge in [0.2, 0.25) is 0 Å². The predicted molar refractivity (Wildman–Crippen MR) is 121 cm³/mol. The van der Waals surface area contributed by atoms with Crippen LogP contribution in [0.3, 0.4) is 0 Å². The molecule has 3 aromatic heterocycles. The summed E-state index contributed by atoms with van der Waals surface area (Å²) in [4.78, 5) is 13.7. The highest BCUT2D eigenvalue weighted by Gasteiger charge is 2.17. The van der Waals surface area contributed by atoms with Gasteiger partial charge in [-0.15, -0.1) is 0 Å². The Labute approximate surface area is 180 Å². The highest BCUT2D eigenvalue weighted by molar-refractivity contribution is 5.75. The topological polar surface area (TPSA) is 87.3 Å². The average molecular weight is 416 g/mol. The minimum atomic E-state index is 0.746. The summed E-state index contributed by atoms with van der Waals surface area (Å²) in [5.74, 6) is 0.746. The second-order valence-electron chi connectivity index (χ2n) is 7.51. The van der Waals surface area contributed by atoms with E-state index in [9.17, 15) is 0 Å². The SMILES string of the molecule is CNCCc1cn2c(C3=CN(C)NC3)cnc2c(Nc2ccc(-n3ccnc3)cc2)n1. The van der Waals surface area contributed by atoms with Crippen molar-refractivity contribution in [3.8, 4) is 5.69 Å². The second-order valence-corrected chi connectivity index (χ2v) is 7.51. The van der Waals surface area contributed by atoms with Crippen molar-refractivity contribution in [2.45, 2.75) is 6.42 Å². The standard InChI is InChI=1S/C22H25N9/c1-23-8-7-18-14-31-20(16-11-26-29(2)13-16)12-25-22(31)21(28-18)27-17-3-5-19(6-4-17)30-10-9-24-15-30/h3-6,9-10,12-15,23,26H,7-8,11H2,1-2H3,(H,27,28). The number of likely N-dealkylation sites (N-methyl/N-ethyl adjacent to an activating group) is 1. The Balaban J connectivity index is 1.51. The smallest absolute Gasteiger partial charge is 0.180 e. The lowest BCUT2D eigenvalue weighted by Crippen LogP contribution is -2.23. The third-order valence-corrected chi connectivity index (χ3v) is 5.30. The van der Waals surface area contributed by atoms with Crippen LogP contribution < -0.4 is 16.1 Å². The van der Waals surface area contributed by atoms with Crippen molar-refractivity contribution in [3.63, 3.8) is 0 Å². The Bertz CT molecular complexity index is 1210. The maximum atomic E-state index is 4.87. The van der Waals surface area contributed by atoms with Crippen molar-refractivity contribution >= 4 is 22.7 Å². The van der Waals surface area contributed by atoms with Crippen molar-refractivity contribution in [2.75, 3.05) is 32.5 Å². The molecule has 0 amide bonds. The van der Waals surface area contributed by atoms with Crippen molar-refractivity contribution in [3.05, 3.63) is 73.0 Å². The van der Waals surface area contributed by atoms with E-state index < -0.39 is 0 Å². The quantitative estimate of drug-likeness (QED) is 0.427. The van der Waals surface area contributed by atoms with Crippen LogP contribution in [0.25, 0.3) is 16.9 Å². The van der Waals surface area contributed by atoms with Crippen molar-refractivity contribution in [1.29, 1.82) is 0 Å². The Morgan fingerprint density at radius 1 is 1.19 bits per heavy atom. The number of hydrogen-bond donors (Lipinski definition) is 3. The van der Waals surface area contributed by atoms with Crippen LogP contribution in [0.15, 0.2) is 61.6 Å². The van der Waals surface area contributed by atoms with E-state index in [0.29, 0.717) is 0 Å². The fraction of sp³-hybridized carbons (Fsp3) is 0.227. The number of fused-ring (bicyclic) bond motifs is 1. The van der Waals surface area contributed by atoms with Gasteiger partial charge in [0.05, 0.1) is 23.9 Å².